The van der Waals surface area contributed by atoms with Gasteiger partial charge in [-0.3, -0.25) is 0 Å². The maximum atomic E-state index is 9.99. The van der Waals surface area contributed by atoms with E-state index in [-0.39, 0.29) is 5.88 Å². The van der Waals surface area contributed by atoms with Crippen molar-refractivity contribution in [2.24, 2.45) is 4.99 Å². The molecule has 1 heterocycles. The summed E-state index contributed by atoms with van der Waals surface area (Å²) in [6, 6.07) is 0. The van der Waals surface area contributed by atoms with Gasteiger partial charge in [-0.25, -0.2) is 9.78 Å². The lowest BCUT2D eigenvalue weighted by atomic mass is 10.4. The average molecular weight is 165 g/mol. The molecule has 12 heavy (non-hydrogen) atoms. The topological polar surface area (TPSA) is 64.4 Å². The van der Waals surface area contributed by atoms with Gasteiger partial charge < -0.3 is 4.74 Å². The summed E-state index contributed by atoms with van der Waals surface area (Å²) in [5.41, 5.74) is 0.917. The largest absolute Gasteiger partial charge is 0.479 e. The average Bonchev–Trinajstić information content (AvgIpc) is 2.09. The van der Waals surface area contributed by atoms with Crippen LogP contribution in [0.3, 0.4) is 0 Å². The van der Waals surface area contributed by atoms with Crippen molar-refractivity contribution in [3.63, 3.8) is 0 Å². The molecule has 0 unspecified atom stereocenters. The molecule has 0 radical (unpaired) electrons. The smallest absolute Gasteiger partial charge is 0.244 e. The summed E-state index contributed by atoms with van der Waals surface area (Å²) in [6.45, 7) is 1.71. The van der Waals surface area contributed by atoms with Crippen LogP contribution >= 0.6 is 0 Å². The Hall–Kier alpha value is -1.74. The van der Waals surface area contributed by atoms with E-state index in [4.69, 9.17) is 4.74 Å². The van der Waals surface area contributed by atoms with Crippen molar-refractivity contribution in [2.75, 3.05) is 7.11 Å². The molecule has 0 fully saturated rings. The molecule has 0 saturated heterocycles. The van der Waals surface area contributed by atoms with Crippen molar-refractivity contribution >= 4 is 11.8 Å². The second kappa shape index (κ2) is 3.59. The Labute approximate surface area is 69.1 Å². The predicted molar refractivity (Wildman–Crippen MR) is 41.1 cm³/mol. The van der Waals surface area contributed by atoms with Gasteiger partial charge in [0.15, 0.2) is 5.69 Å². The van der Waals surface area contributed by atoms with E-state index in [1.54, 1.807) is 6.92 Å². The highest BCUT2D eigenvalue weighted by Gasteiger charge is 2.06. The van der Waals surface area contributed by atoms with Crippen LogP contribution in [0.1, 0.15) is 5.69 Å². The Morgan fingerprint density at radius 2 is 2.33 bits per heavy atom. The number of ether oxygens (including phenoxy) is 1. The lowest BCUT2D eigenvalue weighted by Crippen LogP contribution is -1.91. The van der Waals surface area contributed by atoms with Crippen LogP contribution in [0.2, 0.25) is 0 Å². The highest BCUT2D eigenvalue weighted by atomic mass is 16.5. The van der Waals surface area contributed by atoms with Gasteiger partial charge in [0, 0.05) is 0 Å². The lowest BCUT2D eigenvalue weighted by Gasteiger charge is -2.01. The summed E-state index contributed by atoms with van der Waals surface area (Å²) in [5, 5.41) is 0. The van der Waals surface area contributed by atoms with Crippen LogP contribution in [0, 0.1) is 6.92 Å². The molecule has 1 aromatic heterocycles. The second-order valence-electron chi connectivity index (χ2n) is 2.02. The molecule has 5 nitrogen and oxygen atoms in total. The Morgan fingerprint density at radius 1 is 1.58 bits per heavy atom. The van der Waals surface area contributed by atoms with Crippen LogP contribution in [0.25, 0.3) is 0 Å². The summed E-state index contributed by atoms with van der Waals surface area (Å²) in [6.07, 6.45) is 2.76. The van der Waals surface area contributed by atoms with Gasteiger partial charge in [0.05, 0.1) is 12.8 Å². The molecular weight excluding hydrogens is 158 g/mol. The van der Waals surface area contributed by atoms with Crippen LogP contribution in [0.4, 0.5) is 5.69 Å². The number of rotatable bonds is 2. The molecule has 0 aliphatic heterocycles. The zero-order valence-corrected chi connectivity index (χ0v) is 6.74. The zero-order valence-electron chi connectivity index (χ0n) is 6.74. The Bertz CT molecular complexity index is 331. The fourth-order valence-corrected chi connectivity index (χ4v) is 0.769. The molecular formula is C7H7N3O2. The lowest BCUT2D eigenvalue weighted by molar-refractivity contribution is 0.398. The van der Waals surface area contributed by atoms with E-state index in [0.717, 1.165) is 0 Å². The molecule has 1 rings (SSSR count). The van der Waals surface area contributed by atoms with Crippen molar-refractivity contribution < 1.29 is 9.53 Å². The standard InChI is InChI=1S/C7H7N3O2/c1-5-6(10-4-11)7(12-2)9-3-8-5/h3H,1-2H3. The summed E-state index contributed by atoms with van der Waals surface area (Å²) in [7, 11) is 1.45. The van der Waals surface area contributed by atoms with Gasteiger partial charge in [-0.2, -0.15) is 9.98 Å². The number of aryl methyl sites for hydroxylation is 1. The zero-order chi connectivity index (χ0) is 8.97. The van der Waals surface area contributed by atoms with E-state index in [1.807, 2.05) is 0 Å². The van der Waals surface area contributed by atoms with Crippen LogP contribution in [0.15, 0.2) is 11.3 Å². The molecule has 0 amide bonds. The van der Waals surface area contributed by atoms with Crippen LogP contribution in [-0.4, -0.2) is 23.2 Å². The van der Waals surface area contributed by atoms with Crippen LogP contribution in [-0.2, 0) is 4.79 Å². The van der Waals surface area contributed by atoms with Crippen molar-refractivity contribution in [3.05, 3.63) is 12.0 Å². The number of hydrogen-bond donors (Lipinski definition) is 0. The third-order valence-corrected chi connectivity index (χ3v) is 1.32. The van der Waals surface area contributed by atoms with Crippen molar-refractivity contribution in [2.45, 2.75) is 6.92 Å². The molecule has 0 aliphatic carbocycles. The quantitative estimate of drug-likeness (QED) is 0.479. The molecule has 1 aromatic rings. The number of carbonyl (C=O) groups excluding carboxylic acids is 1. The van der Waals surface area contributed by atoms with E-state index in [1.165, 1.54) is 19.5 Å². The highest BCUT2D eigenvalue weighted by molar-refractivity contribution is 5.56. The predicted octanol–water partition coefficient (Wildman–Crippen LogP) is 0.761. The second-order valence-corrected chi connectivity index (χ2v) is 2.02. The number of aromatic nitrogens is 2. The molecule has 5 heteroatoms. The van der Waals surface area contributed by atoms with E-state index >= 15 is 0 Å². The Morgan fingerprint density at radius 3 is 2.92 bits per heavy atom. The number of hydrogen-bond acceptors (Lipinski definition) is 5. The number of isocyanates is 1. The monoisotopic (exact) mass is 165 g/mol. The van der Waals surface area contributed by atoms with E-state index < -0.39 is 0 Å². The molecule has 0 aromatic carbocycles. The molecule has 62 valence electrons. The first kappa shape index (κ1) is 8.36. The van der Waals surface area contributed by atoms with Crippen molar-refractivity contribution in [1.82, 2.24) is 9.97 Å². The van der Waals surface area contributed by atoms with Gasteiger partial charge in [-0.15, -0.1) is 0 Å². The minimum absolute atomic E-state index is 0.283. The first-order chi connectivity index (χ1) is 5.79. The van der Waals surface area contributed by atoms with E-state index in [9.17, 15) is 4.79 Å². The first-order valence-electron chi connectivity index (χ1n) is 3.23. The van der Waals surface area contributed by atoms with E-state index in [0.29, 0.717) is 11.4 Å². The maximum absolute atomic E-state index is 9.99. The molecule has 0 saturated carbocycles. The van der Waals surface area contributed by atoms with E-state index in [2.05, 4.69) is 15.0 Å². The molecule has 0 atom stereocenters. The van der Waals surface area contributed by atoms with Gasteiger partial charge in [0.2, 0.25) is 12.0 Å². The minimum Gasteiger partial charge on any atom is -0.479 e. The Kier molecular flexibility index (Phi) is 2.50. The normalized spacial score (nSPS) is 8.83. The summed E-state index contributed by atoms with van der Waals surface area (Å²) < 4.78 is 4.85. The molecule has 0 aliphatic rings. The van der Waals surface area contributed by atoms with Crippen LogP contribution < -0.4 is 4.74 Å². The molecule has 0 spiro atoms. The summed E-state index contributed by atoms with van der Waals surface area (Å²) >= 11 is 0. The fourth-order valence-electron chi connectivity index (χ4n) is 0.769. The number of nitrogens with zero attached hydrogens (tertiary/aromatic N) is 3. The SMILES string of the molecule is COc1ncnc(C)c1N=C=O. The maximum Gasteiger partial charge on any atom is 0.244 e. The molecule has 0 N–H and O–H groups in total. The van der Waals surface area contributed by atoms with Crippen molar-refractivity contribution in [1.29, 1.82) is 0 Å². The van der Waals surface area contributed by atoms with Gasteiger partial charge in [0.1, 0.15) is 6.33 Å². The first-order valence-corrected chi connectivity index (χ1v) is 3.23. The van der Waals surface area contributed by atoms with Crippen LogP contribution in [0.5, 0.6) is 5.88 Å². The van der Waals surface area contributed by atoms with Gasteiger partial charge >= 0.3 is 0 Å². The van der Waals surface area contributed by atoms with Gasteiger partial charge in [-0.1, -0.05) is 0 Å². The number of methoxy groups -OCH3 is 1. The highest BCUT2D eigenvalue weighted by Crippen LogP contribution is 2.25. The third kappa shape index (κ3) is 1.46. The van der Waals surface area contributed by atoms with Crippen molar-refractivity contribution in [3.8, 4) is 5.88 Å². The molecule has 0 bridgehead atoms. The Balaban J connectivity index is 3.28. The summed E-state index contributed by atoms with van der Waals surface area (Å²) in [5.74, 6) is 0.283. The fraction of sp³-hybridized carbons (Fsp3) is 0.286. The van der Waals surface area contributed by atoms with Gasteiger partial charge in [0.25, 0.3) is 0 Å². The summed E-state index contributed by atoms with van der Waals surface area (Å²) in [4.78, 5) is 21.0. The van der Waals surface area contributed by atoms with Gasteiger partial charge in [-0.05, 0) is 6.92 Å². The number of aliphatic imine (C=N–C) groups is 1. The minimum atomic E-state index is 0.283. The third-order valence-electron chi connectivity index (χ3n) is 1.32.